The molecule has 0 aliphatic carbocycles. The van der Waals surface area contributed by atoms with Gasteiger partial charge in [-0.25, -0.2) is 0 Å². The molecule has 0 aromatic heterocycles. The first kappa shape index (κ1) is 14.2. The fourth-order valence-electron chi connectivity index (χ4n) is 1.29. The van der Waals surface area contributed by atoms with E-state index in [1.165, 1.54) is 9.13 Å². The van der Waals surface area contributed by atoms with Gasteiger partial charge in [0, 0.05) is 22.6 Å². The van der Waals surface area contributed by atoms with E-state index in [1.54, 1.807) is 0 Å². The zero-order valence-corrected chi connectivity index (χ0v) is 12.1. The SMILES string of the molecule is ClCCOCCCNCc1ccc(I)cc1. The molecule has 0 saturated carbocycles. The Kier molecular flexibility index (Phi) is 8.19. The molecule has 1 aromatic carbocycles. The van der Waals surface area contributed by atoms with Gasteiger partial charge in [0.25, 0.3) is 0 Å². The van der Waals surface area contributed by atoms with Crippen molar-refractivity contribution < 1.29 is 4.74 Å². The van der Waals surface area contributed by atoms with E-state index in [2.05, 4.69) is 52.2 Å². The quantitative estimate of drug-likeness (QED) is 0.441. The lowest BCUT2D eigenvalue weighted by Crippen LogP contribution is -2.16. The molecule has 0 atom stereocenters. The number of ether oxygens (including phenoxy) is 1. The van der Waals surface area contributed by atoms with Gasteiger partial charge in [-0.05, 0) is 53.3 Å². The minimum atomic E-state index is 0.579. The lowest BCUT2D eigenvalue weighted by molar-refractivity contribution is 0.146. The molecule has 0 amide bonds. The van der Waals surface area contributed by atoms with Gasteiger partial charge in [0.15, 0.2) is 0 Å². The van der Waals surface area contributed by atoms with E-state index < -0.39 is 0 Å². The van der Waals surface area contributed by atoms with Gasteiger partial charge in [-0.1, -0.05) is 12.1 Å². The Morgan fingerprint density at radius 1 is 1.19 bits per heavy atom. The normalized spacial score (nSPS) is 10.6. The minimum Gasteiger partial charge on any atom is -0.380 e. The molecule has 0 bridgehead atoms. The third kappa shape index (κ3) is 6.68. The number of hydrogen-bond donors (Lipinski definition) is 1. The summed E-state index contributed by atoms with van der Waals surface area (Å²) in [5.41, 5.74) is 1.32. The van der Waals surface area contributed by atoms with Gasteiger partial charge in [-0.3, -0.25) is 0 Å². The number of benzene rings is 1. The summed E-state index contributed by atoms with van der Waals surface area (Å²) in [7, 11) is 0. The molecule has 0 fully saturated rings. The van der Waals surface area contributed by atoms with Crippen LogP contribution >= 0.6 is 34.2 Å². The Bertz CT molecular complexity index is 279. The second kappa shape index (κ2) is 9.22. The van der Waals surface area contributed by atoms with E-state index in [4.69, 9.17) is 16.3 Å². The summed E-state index contributed by atoms with van der Waals surface area (Å²) < 4.78 is 6.55. The number of hydrogen-bond acceptors (Lipinski definition) is 2. The molecule has 0 aliphatic rings. The standard InChI is InChI=1S/C12H17ClINO/c13-6-9-16-8-1-7-15-10-11-2-4-12(14)5-3-11/h2-5,15H,1,6-10H2. The molecule has 1 aromatic rings. The van der Waals surface area contributed by atoms with E-state index in [9.17, 15) is 0 Å². The van der Waals surface area contributed by atoms with Crippen LogP contribution in [0, 0.1) is 3.57 Å². The van der Waals surface area contributed by atoms with E-state index >= 15 is 0 Å². The third-order valence-electron chi connectivity index (χ3n) is 2.11. The van der Waals surface area contributed by atoms with Crippen LogP contribution in [0.3, 0.4) is 0 Å². The molecule has 0 aliphatic heterocycles. The number of nitrogens with one attached hydrogen (secondary N) is 1. The Morgan fingerprint density at radius 2 is 1.94 bits per heavy atom. The Labute approximate surface area is 116 Å². The smallest absolute Gasteiger partial charge is 0.0601 e. The summed E-state index contributed by atoms with van der Waals surface area (Å²) in [6.45, 7) is 3.34. The van der Waals surface area contributed by atoms with Crippen molar-refractivity contribution >= 4 is 34.2 Å². The van der Waals surface area contributed by atoms with Crippen molar-refractivity contribution in [3.05, 3.63) is 33.4 Å². The summed E-state index contributed by atoms with van der Waals surface area (Å²) in [4.78, 5) is 0. The van der Waals surface area contributed by atoms with Crippen molar-refractivity contribution in [2.24, 2.45) is 0 Å². The first-order chi connectivity index (χ1) is 7.83. The summed E-state index contributed by atoms with van der Waals surface area (Å²) in [5.74, 6) is 0.579. The van der Waals surface area contributed by atoms with Crippen LogP contribution in [0.1, 0.15) is 12.0 Å². The van der Waals surface area contributed by atoms with E-state index in [1.807, 2.05) is 0 Å². The molecule has 0 spiro atoms. The monoisotopic (exact) mass is 353 g/mol. The van der Waals surface area contributed by atoms with Gasteiger partial charge in [-0.2, -0.15) is 0 Å². The molecule has 1 N–H and O–H groups in total. The average Bonchev–Trinajstić information content (AvgIpc) is 2.30. The summed E-state index contributed by atoms with van der Waals surface area (Å²) in [5, 5.41) is 3.38. The predicted molar refractivity (Wildman–Crippen MR) is 77.0 cm³/mol. The van der Waals surface area contributed by atoms with Gasteiger partial charge in [0.2, 0.25) is 0 Å². The van der Waals surface area contributed by atoms with E-state index in [0.29, 0.717) is 12.5 Å². The van der Waals surface area contributed by atoms with Gasteiger partial charge >= 0.3 is 0 Å². The molecular formula is C12H17ClINO. The lowest BCUT2D eigenvalue weighted by Gasteiger charge is -2.05. The van der Waals surface area contributed by atoms with Crippen molar-refractivity contribution in [2.45, 2.75) is 13.0 Å². The largest absolute Gasteiger partial charge is 0.380 e. The van der Waals surface area contributed by atoms with Crippen LogP contribution < -0.4 is 5.32 Å². The van der Waals surface area contributed by atoms with Gasteiger partial charge in [0.1, 0.15) is 0 Å². The molecule has 0 radical (unpaired) electrons. The van der Waals surface area contributed by atoms with Crippen LogP contribution in [0.25, 0.3) is 0 Å². The maximum Gasteiger partial charge on any atom is 0.0601 e. The van der Waals surface area contributed by atoms with E-state index in [-0.39, 0.29) is 0 Å². The zero-order chi connectivity index (χ0) is 11.6. The van der Waals surface area contributed by atoms with Crippen LogP contribution in [0.4, 0.5) is 0 Å². The fraction of sp³-hybridized carbons (Fsp3) is 0.500. The highest BCUT2D eigenvalue weighted by Crippen LogP contribution is 2.06. The number of halogens is 2. The van der Waals surface area contributed by atoms with Crippen LogP contribution in [0.15, 0.2) is 24.3 Å². The maximum atomic E-state index is 5.49. The zero-order valence-electron chi connectivity index (χ0n) is 9.22. The second-order valence-electron chi connectivity index (χ2n) is 3.46. The van der Waals surface area contributed by atoms with Crippen molar-refractivity contribution in [2.75, 3.05) is 25.6 Å². The molecule has 90 valence electrons. The minimum absolute atomic E-state index is 0.579. The topological polar surface area (TPSA) is 21.3 Å². The Balaban J connectivity index is 2.01. The Hall–Kier alpha value is 0.160. The van der Waals surface area contributed by atoms with Crippen LogP contribution in [-0.2, 0) is 11.3 Å². The summed E-state index contributed by atoms with van der Waals surface area (Å²) in [6, 6.07) is 8.56. The first-order valence-corrected chi connectivity index (χ1v) is 7.03. The van der Waals surface area contributed by atoms with Crippen molar-refractivity contribution in [3.8, 4) is 0 Å². The number of alkyl halides is 1. The highest BCUT2D eigenvalue weighted by Gasteiger charge is 1.93. The third-order valence-corrected chi connectivity index (χ3v) is 2.98. The Morgan fingerprint density at radius 3 is 2.62 bits per heavy atom. The highest BCUT2D eigenvalue weighted by atomic mass is 127. The lowest BCUT2D eigenvalue weighted by atomic mass is 10.2. The maximum absolute atomic E-state index is 5.49. The fourth-order valence-corrected chi connectivity index (χ4v) is 1.76. The van der Waals surface area contributed by atoms with Crippen LogP contribution in [0.5, 0.6) is 0 Å². The van der Waals surface area contributed by atoms with Crippen molar-refractivity contribution in [1.82, 2.24) is 5.32 Å². The van der Waals surface area contributed by atoms with Gasteiger partial charge < -0.3 is 10.1 Å². The van der Waals surface area contributed by atoms with Crippen LogP contribution in [0.2, 0.25) is 0 Å². The van der Waals surface area contributed by atoms with Gasteiger partial charge in [-0.15, -0.1) is 11.6 Å². The molecule has 0 heterocycles. The van der Waals surface area contributed by atoms with Crippen molar-refractivity contribution in [1.29, 1.82) is 0 Å². The molecule has 0 saturated heterocycles. The predicted octanol–water partition coefficient (Wildman–Crippen LogP) is 3.03. The number of rotatable bonds is 8. The molecule has 4 heteroatoms. The molecule has 1 rings (SSSR count). The van der Waals surface area contributed by atoms with Crippen molar-refractivity contribution in [3.63, 3.8) is 0 Å². The molecule has 16 heavy (non-hydrogen) atoms. The molecular weight excluding hydrogens is 336 g/mol. The molecule has 0 unspecified atom stereocenters. The molecule has 2 nitrogen and oxygen atoms in total. The summed E-state index contributed by atoms with van der Waals surface area (Å²) in [6.07, 6.45) is 1.03. The highest BCUT2D eigenvalue weighted by molar-refractivity contribution is 14.1. The van der Waals surface area contributed by atoms with Gasteiger partial charge in [0.05, 0.1) is 6.61 Å². The van der Waals surface area contributed by atoms with Crippen LogP contribution in [-0.4, -0.2) is 25.6 Å². The average molecular weight is 354 g/mol. The van der Waals surface area contributed by atoms with E-state index in [0.717, 1.165) is 26.1 Å². The summed E-state index contributed by atoms with van der Waals surface area (Å²) >= 11 is 7.81. The second-order valence-corrected chi connectivity index (χ2v) is 5.08. The first-order valence-electron chi connectivity index (χ1n) is 5.42.